The van der Waals surface area contributed by atoms with E-state index in [1.807, 2.05) is 12.1 Å². The molecule has 0 bridgehead atoms. The van der Waals surface area contributed by atoms with E-state index >= 15 is 0 Å². The van der Waals surface area contributed by atoms with Crippen molar-refractivity contribution in [3.8, 4) is 0 Å². The second-order valence-electron chi connectivity index (χ2n) is 4.06. The predicted molar refractivity (Wildman–Crippen MR) is 58.3 cm³/mol. The Kier molecular flexibility index (Phi) is 2.98. The Labute approximate surface area is 92.4 Å². The van der Waals surface area contributed by atoms with Crippen LogP contribution in [-0.4, -0.2) is 11.7 Å². The van der Waals surface area contributed by atoms with Gasteiger partial charge in [-0.3, -0.25) is 0 Å². The van der Waals surface area contributed by atoms with Crippen LogP contribution in [0.4, 0.5) is 0 Å². The van der Waals surface area contributed by atoms with Crippen LogP contribution in [0.15, 0.2) is 21.2 Å². The summed E-state index contributed by atoms with van der Waals surface area (Å²) < 4.78 is 6.42. The molecule has 1 aromatic heterocycles. The second kappa shape index (κ2) is 4.07. The SMILES string of the molecule is OCCC1(c2ccc(Br)o2)CCCC1. The van der Waals surface area contributed by atoms with Crippen LogP contribution in [-0.2, 0) is 5.41 Å². The average Bonchev–Trinajstić information content (AvgIpc) is 2.75. The molecule has 78 valence electrons. The van der Waals surface area contributed by atoms with Crippen LogP contribution in [0.1, 0.15) is 37.9 Å². The number of halogens is 1. The largest absolute Gasteiger partial charge is 0.454 e. The average molecular weight is 259 g/mol. The minimum Gasteiger partial charge on any atom is -0.454 e. The van der Waals surface area contributed by atoms with E-state index in [-0.39, 0.29) is 12.0 Å². The summed E-state index contributed by atoms with van der Waals surface area (Å²) in [5.41, 5.74) is 0.112. The lowest BCUT2D eigenvalue weighted by molar-refractivity contribution is 0.217. The van der Waals surface area contributed by atoms with E-state index in [9.17, 15) is 0 Å². The maximum Gasteiger partial charge on any atom is 0.169 e. The molecule has 1 N–H and O–H groups in total. The molecule has 0 spiro atoms. The van der Waals surface area contributed by atoms with E-state index in [4.69, 9.17) is 9.52 Å². The van der Waals surface area contributed by atoms with Gasteiger partial charge in [0.1, 0.15) is 5.76 Å². The first-order valence-corrected chi connectivity index (χ1v) is 5.93. The molecule has 14 heavy (non-hydrogen) atoms. The van der Waals surface area contributed by atoms with Crippen LogP contribution >= 0.6 is 15.9 Å². The summed E-state index contributed by atoms with van der Waals surface area (Å²) in [4.78, 5) is 0. The maximum atomic E-state index is 9.11. The van der Waals surface area contributed by atoms with E-state index in [0.717, 1.165) is 29.7 Å². The highest BCUT2D eigenvalue weighted by Crippen LogP contribution is 2.44. The molecule has 3 heteroatoms. The van der Waals surface area contributed by atoms with E-state index in [1.54, 1.807) is 0 Å². The maximum absolute atomic E-state index is 9.11. The molecule has 0 aliphatic heterocycles. The summed E-state index contributed by atoms with van der Waals surface area (Å²) >= 11 is 3.33. The number of hydrogen-bond acceptors (Lipinski definition) is 2. The molecule has 2 nitrogen and oxygen atoms in total. The summed E-state index contributed by atoms with van der Waals surface area (Å²) in [5.74, 6) is 1.04. The van der Waals surface area contributed by atoms with Crippen LogP contribution in [0.3, 0.4) is 0 Å². The van der Waals surface area contributed by atoms with Crippen LogP contribution in [0.2, 0.25) is 0 Å². The van der Waals surface area contributed by atoms with Gasteiger partial charge in [0, 0.05) is 12.0 Å². The highest BCUT2D eigenvalue weighted by atomic mass is 79.9. The van der Waals surface area contributed by atoms with Gasteiger partial charge in [0.25, 0.3) is 0 Å². The van der Waals surface area contributed by atoms with Crippen molar-refractivity contribution in [2.45, 2.75) is 37.5 Å². The normalized spacial score (nSPS) is 20.1. The number of aliphatic hydroxyl groups excluding tert-OH is 1. The fourth-order valence-electron chi connectivity index (χ4n) is 2.48. The Bertz CT molecular complexity index is 300. The first-order valence-electron chi connectivity index (χ1n) is 5.13. The van der Waals surface area contributed by atoms with Gasteiger partial charge in [-0.1, -0.05) is 12.8 Å². The Hall–Kier alpha value is -0.280. The molecule has 0 unspecified atom stereocenters. The highest BCUT2D eigenvalue weighted by Gasteiger charge is 2.37. The quantitative estimate of drug-likeness (QED) is 0.903. The van der Waals surface area contributed by atoms with Gasteiger partial charge in [-0.2, -0.15) is 0 Å². The first kappa shape index (κ1) is 10.2. The lowest BCUT2D eigenvalue weighted by Crippen LogP contribution is -2.22. The molecule has 0 saturated heterocycles. The first-order chi connectivity index (χ1) is 6.77. The lowest BCUT2D eigenvalue weighted by Gasteiger charge is -2.25. The molecule has 1 aliphatic carbocycles. The molecule has 2 rings (SSSR count). The molecule has 0 aromatic carbocycles. The van der Waals surface area contributed by atoms with Gasteiger partial charge in [0.15, 0.2) is 4.67 Å². The zero-order chi connectivity index (χ0) is 10.0. The summed E-state index contributed by atoms with van der Waals surface area (Å²) in [6, 6.07) is 3.97. The molecule has 1 aromatic rings. The van der Waals surface area contributed by atoms with Gasteiger partial charge in [0.05, 0.1) is 0 Å². The number of rotatable bonds is 3. The van der Waals surface area contributed by atoms with Crippen LogP contribution in [0.25, 0.3) is 0 Å². The van der Waals surface area contributed by atoms with Crippen molar-refractivity contribution in [1.29, 1.82) is 0 Å². The van der Waals surface area contributed by atoms with Gasteiger partial charge >= 0.3 is 0 Å². The third-order valence-corrected chi connectivity index (χ3v) is 3.67. The van der Waals surface area contributed by atoms with Gasteiger partial charge in [-0.05, 0) is 47.3 Å². The Morgan fingerprint density at radius 2 is 2.07 bits per heavy atom. The molecular formula is C11H15BrO2. The van der Waals surface area contributed by atoms with Crippen molar-refractivity contribution in [2.24, 2.45) is 0 Å². The van der Waals surface area contributed by atoms with E-state index in [0.29, 0.717) is 0 Å². The van der Waals surface area contributed by atoms with Crippen molar-refractivity contribution < 1.29 is 9.52 Å². The fourth-order valence-corrected chi connectivity index (χ4v) is 2.79. The molecule has 1 heterocycles. The third kappa shape index (κ3) is 1.75. The number of furan rings is 1. The summed E-state index contributed by atoms with van der Waals surface area (Å²) in [5, 5.41) is 9.11. The Balaban J connectivity index is 2.26. The molecule has 0 amide bonds. The monoisotopic (exact) mass is 258 g/mol. The van der Waals surface area contributed by atoms with Crippen molar-refractivity contribution in [1.82, 2.24) is 0 Å². The zero-order valence-corrected chi connectivity index (χ0v) is 9.72. The van der Waals surface area contributed by atoms with Crippen molar-refractivity contribution in [3.63, 3.8) is 0 Å². The second-order valence-corrected chi connectivity index (χ2v) is 4.85. The molecule has 1 fully saturated rings. The summed E-state index contributed by atoms with van der Waals surface area (Å²) in [6.07, 6.45) is 5.62. The highest BCUT2D eigenvalue weighted by molar-refractivity contribution is 9.10. The van der Waals surface area contributed by atoms with Crippen LogP contribution in [0.5, 0.6) is 0 Å². The van der Waals surface area contributed by atoms with Gasteiger partial charge in [0.2, 0.25) is 0 Å². The third-order valence-electron chi connectivity index (χ3n) is 3.25. The van der Waals surface area contributed by atoms with Crippen molar-refractivity contribution in [2.75, 3.05) is 6.61 Å². The topological polar surface area (TPSA) is 33.4 Å². The van der Waals surface area contributed by atoms with Gasteiger partial charge < -0.3 is 9.52 Å². The minimum atomic E-state index is 0.112. The fraction of sp³-hybridized carbons (Fsp3) is 0.636. The van der Waals surface area contributed by atoms with Crippen molar-refractivity contribution >= 4 is 15.9 Å². The summed E-state index contributed by atoms with van der Waals surface area (Å²) in [7, 11) is 0. The Morgan fingerprint density at radius 3 is 2.57 bits per heavy atom. The predicted octanol–water partition coefficient (Wildman–Crippen LogP) is 3.24. The molecule has 0 radical (unpaired) electrons. The molecule has 1 aliphatic rings. The van der Waals surface area contributed by atoms with Crippen LogP contribution < -0.4 is 0 Å². The minimum absolute atomic E-state index is 0.112. The van der Waals surface area contributed by atoms with E-state index in [2.05, 4.69) is 15.9 Å². The van der Waals surface area contributed by atoms with Crippen molar-refractivity contribution in [3.05, 3.63) is 22.6 Å². The molecule has 0 atom stereocenters. The molecular weight excluding hydrogens is 244 g/mol. The smallest absolute Gasteiger partial charge is 0.169 e. The van der Waals surface area contributed by atoms with Crippen LogP contribution in [0, 0.1) is 0 Å². The zero-order valence-electron chi connectivity index (χ0n) is 8.13. The van der Waals surface area contributed by atoms with Gasteiger partial charge in [-0.15, -0.1) is 0 Å². The Morgan fingerprint density at radius 1 is 1.36 bits per heavy atom. The van der Waals surface area contributed by atoms with E-state index in [1.165, 1.54) is 12.8 Å². The standard InChI is InChI=1S/C11H15BrO2/c12-10-4-3-9(14-10)11(7-8-13)5-1-2-6-11/h3-4,13H,1-2,5-8H2. The lowest BCUT2D eigenvalue weighted by atomic mass is 9.80. The number of hydrogen-bond donors (Lipinski definition) is 1. The van der Waals surface area contributed by atoms with E-state index < -0.39 is 0 Å². The number of aliphatic hydroxyl groups is 1. The molecule has 1 saturated carbocycles. The van der Waals surface area contributed by atoms with Gasteiger partial charge in [-0.25, -0.2) is 0 Å². The summed E-state index contributed by atoms with van der Waals surface area (Å²) in [6.45, 7) is 0.248.